The van der Waals surface area contributed by atoms with Crippen LogP contribution in [0.2, 0.25) is 0 Å². The Morgan fingerprint density at radius 3 is 2.67 bits per heavy atom. The van der Waals surface area contributed by atoms with Crippen LogP contribution < -0.4 is 9.47 Å². The van der Waals surface area contributed by atoms with Crippen LogP contribution in [-0.4, -0.2) is 47.8 Å². The van der Waals surface area contributed by atoms with E-state index in [0.717, 1.165) is 25.7 Å². The fourth-order valence-electron chi connectivity index (χ4n) is 2.91. The zero-order chi connectivity index (χ0) is 15.2. The monoisotopic (exact) mass is 294 g/mol. The minimum absolute atomic E-state index is 0.0205. The summed E-state index contributed by atoms with van der Waals surface area (Å²) in [6.45, 7) is 0.476. The van der Waals surface area contributed by atoms with Crippen molar-refractivity contribution < 1.29 is 19.4 Å². The van der Waals surface area contributed by atoms with E-state index in [1.807, 2.05) is 4.90 Å². The van der Waals surface area contributed by atoms with Crippen molar-refractivity contribution in [1.82, 2.24) is 9.88 Å². The molecule has 1 heterocycles. The predicted molar refractivity (Wildman–Crippen MR) is 77.6 cm³/mol. The second-order valence-corrected chi connectivity index (χ2v) is 5.23. The molecule has 1 aromatic rings. The lowest BCUT2D eigenvalue weighted by molar-refractivity contribution is -0.139. The molecule has 0 aromatic carbocycles. The number of methoxy groups -OCH3 is 2. The topological polar surface area (TPSA) is 71.9 Å². The van der Waals surface area contributed by atoms with E-state index < -0.39 is 5.97 Å². The number of aliphatic carboxylic acids is 1. The highest BCUT2D eigenvalue weighted by Gasteiger charge is 2.26. The van der Waals surface area contributed by atoms with Crippen LogP contribution in [0.4, 0.5) is 0 Å². The Morgan fingerprint density at radius 2 is 2.10 bits per heavy atom. The van der Waals surface area contributed by atoms with Gasteiger partial charge in [0.2, 0.25) is 0 Å². The largest absolute Gasteiger partial charge is 0.493 e. The minimum Gasteiger partial charge on any atom is -0.493 e. The molecule has 116 valence electrons. The van der Waals surface area contributed by atoms with Gasteiger partial charge in [-0.25, -0.2) is 0 Å². The molecule has 21 heavy (non-hydrogen) atoms. The number of pyridine rings is 1. The van der Waals surface area contributed by atoms with Crippen molar-refractivity contribution in [1.29, 1.82) is 0 Å². The normalized spacial score (nSPS) is 15.4. The predicted octanol–water partition coefficient (Wildman–Crippen LogP) is 1.93. The summed E-state index contributed by atoms with van der Waals surface area (Å²) in [6, 6.07) is 2.04. The minimum atomic E-state index is -0.816. The molecule has 2 rings (SSSR count). The van der Waals surface area contributed by atoms with E-state index in [0.29, 0.717) is 29.8 Å². The van der Waals surface area contributed by atoms with E-state index in [2.05, 4.69) is 4.98 Å². The van der Waals surface area contributed by atoms with Crippen LogP contribution in [0.25, 0.3) is 0 Å². The molecule has 0 spiro atoms. The molecule has 1 aliphatic carbocycles. The Bertz CT molecular complexity index is 487. The molecule has 0 saturated heterocycles. The summed E-state index contributed by atoms with van der Waals surface area (Å²) in [4.78, 5) is 17.4. The highest BCUT2D eigenvalue weighted by Crippen LogP contribution is 2.31. The molecule has 0 amide bonds. The van der Waals surface area contributed by atoms with Crippen LogP contribution in [0.1, 0.15) is 31.4 Å². The van der Waals surface area contributed by atoms with Gasteiger partial charge in [-0.3, -0.25) is 14.7 Å². The standard InChI is InChI=1S/C15H22N2O4/c1-20-13-7-8-16-12(15(13)21-2)9-17(10-14(18)19)11-5-3-4-6-11/h7-8,11H,3-6,9-10H2,1-2H3,(H,18,19). The number of carboxylic acid groups (broad SMARTS) is 1. The van der Waals surface area contributed by atoms with E-state index in [4.69, 9.17) is 14.6 Å². The Labute approximate surface area is 124 Å². The van der Waals surface area contributed by atoms with Crippen LogP contribution in [0, 0.1) is 0 Å². The molecule has 0 radical (unpaired) electrons. The van der Waals surface area contributed by atoms with Gasteiger partial charge in [0.05, 0.1) is 20.8 Å². The summed E-state index contributed by atoms with van der Waals surface area (Å²) in [5.41, 5.74) is 0.713. The van der Waals surface area contributed by atoms with E-state index in [9.17, 15) is 4.79 Å². The SMILES string of the molecule is COc1ccnc(CN(CC(=O)O)C2CCCC2)c1OC. The van der Waals surface area contributed by atoms with Crippen LogP contribution in [0.3, 0.4) is 0 Å². The highest BCUT2D eigenvalue weighted by molar-refractivity contribution is 5.69. The average Bonchev–Trinajstić information content (AvgIpc) is 3.00. The van der Waals surface area contributed by atoms with Crippen molar-refractivity contribution in [2.45, 2.75) is 38.3 Å². The van der Waals surface area contributed by atoms with Crippen molar-refractivity contribution in [2.75, 3.05) is 20.8 Å². The average molecular weight is 294 g/mol. The smallest absolute Gasteiger partial charge is 0.317 e. The maximum absolute atomic E-state index is 11.1. The van der Waals surface area contributed by atoms with Gasteiger partial charge in [0, 0.05) is 24.8 Å². The number of hydrogen-bond donors (Lipinski definition) is 1. The fourth-order valence-corrected chi connectivity index (χ4v) is 2.91. The van der Waals surface area contributed by atoms with Crippen LogP contribution >= 0.6 is 0 Å². The molecule has 0 aliphatic heterocycles. The van der Waals surface area contributed by atoms with E-state index >= 15 is 0 Å². The summed E-state index contributed by atoms with van der Waals surface area (Å²) >= 11 is 0. The van der Waals surface area contributed by atoms with Gasteiger partial charge in [-0.1, -0.05) is 12.8 Å². The fraction of sp³-hybridized carbons (Fsp3) is 0.600. The Kier molecular flexibility index (Phi) is 5.38. The Hall–Kier alpha value is -1.82. The number of hydrogen-bond acceptors (Lipinski definition) is 5. The number of nitrogens with zero attached hydrogens (tertiary/aromatic N) is 2. The van der Waals surface area contributed by atoms with E-state index in [1.54, 1.807) is 26.5 Å². The number of aromatic nitrogens is 1. The molecule has 1 aromatic heterocycles. The number of ether oxygens (including phenoxy) is 2. The van der Waals surface area contributed by atoms with Gasteiger partial charge < -0.3 is 14.6 Å². The van der Waals surface area contributed by atoms with Gasteiger partial charge in [0.15, 0.2) is 11.5 Å². The summed E-state index contributed by atoms with van der Waals surface area (Å²) in [7, 11) is 3.15. The lowest BCUT2D eigenvalue weighted by atomic mass is 10.2. The summed E-state index contributed by atoms with van der Waals surface area (Å²) in [5, 5.41) is 9.13. The molecule has 1 aliphatic rings. The van der Waals surface area contributed by atoms with Crippen LogP contribution in [-0.2, 0) is 11.3 Å². The first-order valence-corrected chi connectivity index (χ1v) is 7.17. The first-order valence-electron chi connectivity index (χ1n) is 7.17. The molecule has 0 bridgehead atoms. The highest BCUT2D eigenvalue weighted by atomic mass is 16.5. The zero-order valence-electron chi connectivity index (χ0n) is 12.5. The van der Waals surface area contributed by atoms with Crippen molar-refractivity contribution in [2.24, 2.45) is 0 Å². The van der Waals surface area contributed by atoms with Crippen molar-refractivity contribution in [3.05, 3.63) is 18.0 Å². The molecule has 6 heteroatoms. The summed E-state index contributed by atoms with van der Waals surface area (Å²) in [6.07, 6.45) is 6.05. The van der Waals surface area contributed by atoms with Gasteiger partial charge in [-0.2, -0.15) is 0 Å². The maximum Gasteiger partial charge on any atom is 0.317 e. The van der Waals surface area contributed by atoms with Gasteiger partial charge in [-0.05, 0) is 12.8 Å². The van der Waals surface area contributed by atoms with Gasteiger partial charge in [-0.15, -0.1) is 0 Å². The molecule has 6 nitrogen and oxygen atoms in total. The zero-order valence-corrected chi connectivity index (χ0v) is 12.5. The molecule has 0 unspecified atom stereocenters. The Morgan fingerprint density at radius 1 is 1.38 bits per heavy atom. The van der Waals surface area contributed by atoms with Crippen LogP contribution in [0.5, 0.6) is 11.5 Å². The molecule has 1 fully saturated rings. The Balaban J connectivity index is 2.21. The van der Waals surface area contributed by atoms with Gasteiger partial charge in [0.25, 0.3) is 0 Å². The second kappa shape index (κ2) is 7.26. The lowest BCUT2D eigenvalue weighted by Crippen LogP contribution is -2.37. The number of carboxylic acids is 1. The van der Waals surface area contributed by atoms with E-state index in [-0.39, 0.29) is 6.54 Å². The van der Waals surface area contributed by atoms with Crippen LogP contribution in [0.15, 0.2) is 12.3 Å². The molecular formula is C15H22N2O4. The third kappa shape index (κ3) is 3.85. The van der Waals surface area contributed by atoms with Gasteiger partial charge in [0.1, 0.15) is 5.69 Å². The lowest BCUT2D eigenvalue weighted by Gasteiger charge is -2.27. The number of carbonyl (C=O) groups is 1. The first kappa shape index (κ1) is 15.6. The third-order valence-corrected chi connectivity index (χ3v) is 3.90. The van der Waals surface area contributed by atoms with Crippen molar-refractivity contribution >= 4 is 5.97 Å². The molecular weight excluding hydrogens is 272 g/mol. The van der Waals surface area contributed by atoms with Crippen molar-refractivity contribution in [3.8, 4) is 11.5 Å². The first-order chi connectivity index (χ1) is 10.2. The van der Waals surface area contributed by atoms with Gasteiger partial charge >= 0.3 is 5.97 Å². The summed E-state index contributed by atoms with van der Waals surface area (Å²) in [5.74, 6) is 0.376. The quantitative estimate of drug-likeness (QED) is 0.828. The maximum atomic E-state index is 11.1. The second-order valence-electron chi connectivity index (χ2n) is 5.23. The van der Waals surface area contributed by atoms with Crippen molar-refractivity contribution in [3.63, 3.8) is 0 Å². The van der Waals surface area contributed by atoms with E-state index in [1.165, 1.54) is 0 Å². The molecule has 0 atom stereocenters. The third-order valence-electron chi connectivity index (χ3n) is 3.90. The molecule has 1 N–H and O–H groups in total. The molecule has 1 saturated carbocycles. The number of rotatable bonds is 7. The summed E-state index contributed by atoms with van der Waals surface area (Å²) < 4.78 is 10.6.